The Labute approximate surface area is 107 Å². The summed E-state index contributed by atoms with van der Waals surface area (Å²) in [5, 5.41) is 4.41. The van der Waals surface area contributed by atoms with E-state index in [0.29, 0.717) is 12.7 Å². The molecule has 1 aliphatic rings. The molecule has 96 valence electrons. The Kier molecular flexibility index (Phi) is 3.35. The number of hydrogen-bond donors (Lipinski definition) is 1. The summed E-state index contributed by atoms with van der Waals surface area (Å²) >= 11 is 0. The molecule has 0 aliphatic heterocycles. The Morgan fingerprint density at radius 1 is 1.39 bits per heavy atom. The van der Waals surface area contributed by atoms with E-state index in [1.807, 2.05) is 25.2 Å². The first-order valence-electron chi connectivity index (χ1n) is 6.64. The number of nitrogens with one attached hydrogen (secondary N) is 1. The first-order chi connectivity index (χ1) is 8.86. The van der Waals surface area contributed by atoms with Crippen molar-refractivity contribution in [3.05, 3.63) is 36.1 Å². The zero-order valence-electron chi connectivity index (χ0n) is 10.7. The van der Waals surface area contributed by atoms with Crippen molar-refractivity contribution in [3.63, 3.8) is 0 Å². The van der Waals surface area contributed by atoms with Crippen LogP contribution in [0.25, 0.3) is 11.0 Å². The van der Waals surface area contributed by atoms with Crippen LogP contribution in [0.2, 0.25) is 0 Å². The van der Waals surface area contributed by atoms with Gasteiger partial charge in [-0.3, -0.25) is 0 Å². The molecule has 3 nitrogen and oxygen atoms in total. The highest BCUT2D eigenvalue weighted by Crippen LogP contribution is 2.26. The van der Waals surface area contributed by atoms with Gasteiger partial charge in [0.2, 0.25) is 0 Å². The fourth-order valence-electron chi connectivity index (χ4n) is 2.25. The van der Waals surface area contributed by atoms with Crippen molar-refractivity contribution in [2.75, 3.05) is 13.7 Å². The van der Waals surface area contributed by atoms with Gasteiger partial charge in [-0.15, -0.1) is 0 Å². The molecule has 1 aromatic carbocycles. The van der Waals surface area contributed by atoms with Gasteiger partial charge >= 0.3 is 0 Å². The third-order valence-corrected chi connectivity index (χ3v) is 3.69. The van der Waals surface area contributed by atoms with Crippen molar-refractivity contribution in [2.45, 2.75) is 31.4 Å². The monoisotopic (exact) mass is 245 g/mol. The number of hydrogen-bond acceptors (Lipinski definition) is 3. The van der Waals surface area contributed by atoms with Gasteiger partial charge in [0.25, 0.3) is 0 Å². The minimum atomic E-state index is 0.137. The van der Waals surface area contributed by atoms with E-state index in [4.69, 9.17) is 9.15 Å². The van der Waals surface area contributed by atoms with Crippen LogP contribution in [0.4, 0.5) is 0 Å². The highest BCUT2D eigenvalue weighted by atomic mass is 16.5. The van der Waals surface area contributed by atoms with E-state index in [2.05, 4.69) is 17.4 Å². The van der Waals surface area contributed by atoms with Crippen LogP contribution in [0.3, 0.4) is 0 Å². The zero-order chi connectivity index (χ0) is 12.4. The van der Waals surface area contributed by atoms with Crippen LogP contribution in [0.5, 0.6) is 0 Å². The van der Waals surface area contributed by atoms with Gasteiger partial charge in [-0.05, 0) is 38.4 Å². The molecule has 0 radical (unpaired) electrons. The summed E-state index contributed by atoms with van der Waals surface area (Å²) in [6.07, 6.45) is 4.18. The van der Waals surface area contributed by atoms with Gasteiger partial charge in [-0.1, -0.05) is 18.2 Å². The van der Waals surface area contributed by atoms with Crippen molar-refractivity contribution in [3.8, 4) is 0 Å². The Morgan fingerprint density at radius 3 is 2.89 bits per heavy atom. The maximum Gasteiger partial charge on any atom is 0.134 e. The second kappa shape index (κ2) is 5.12. The molecular weight excluding hydrogens is 226 g/mol. The molecule has 1 fully saturated rings. The largest absolute Gasteiger partial charge is 0.459 e. The van der Waals surface area contributed by atoms with Gasteiger partial charge in [-0.2, -0.15) is 0 Å². The minimum absolute atomic E-state index is 0.137. The lowest BCUT2D eigenvalue weighted by molar-refractivity contribution is -0.0101. The van der Waals surface area contributed by atoms with Crippen molar-refractivity contribution >= 4 is 11.0 Å². The molecule has 1 N–H and O–H groups in total. The Balaban J connectivity index is 1.72. The minimum Gasteiger partial charge on any atom is -0.459 e. The van der Waals surface area contributed by atoms with Crippen LogP contribution in [-0.4, -0.2) is 19.8 Å². The third kappa shape index (κ3) is 2.28. The molecule has 3 rings (SSSR count). The summed E-state index contributed by atoms with van der Waals surface area (Å²) in [5.41, 5.74) is 0.941. The van der Waals surface area contributed by atoms with Gasteiger partial charge in [-0.25, -0.2) is 0 Å². The molecule has 0 bridgehead atoms. The molecule has 1 saturated carbocycles. The predicted octanol–water partition coefficient (Wildman–Crippen LogP) is 3.26. The zero-order valence-corrected chi connectivity index (χ0v) is 10.7. The smallest absolute Gasteiger partial charge is 0.134 e. The summed E-state index contributed by atoms with van der Waals surface area (Å²) in [6, 6.07) is 10.3. The molecule has 0 spiro atoms. The molecule has 1 atom stereocenters. The lowest BCUT2D eigenvalue weighted by Gasteiger charge is -2.27. The molecule has 1 unspecified atom stereocenters. The van der Waals surface area contributed by atoms with Crippen LogP contribution in [0, 0.1) is 0 Å². The van der Waals surface area contributed by atoms with Crippen LogP contribution in [-0.2, 0) is 4.74 Å². The first-order valence-corrected chi connectivity index (χ1v) is 6.64. The molecule has 1 heterocycles. The van der Waals surface area contributed by atoms with E-state index >= 15 is 0 Å². The molecule has 0 saturated heterocycles. The lowest BCUT2D eigenvalue weighted by atomic mass is 9.96. The van der Waals surface area contributed by atoms with Gasteiger partial charge in [0, 0.05) is 5.39 Å². The van der Waals surface area contributed by atoms with E-state index in [0.717, 1.165) is 16.7 Å². The number of para-hydroxylation sites is 1. The quantitative estimate of drug-likeness (QED) is 0.878. The number of benzene rings is 1. The first kappa shape index (κ1) is 11.8. The van der Waals surface area contributed by atoms with Gasteiger partial charge in [0.05, 0.1) is 18.8 Å². The van der Waals surface area contributed by atoms with Crippen molar-refractivity contribution < 1.29 is 9.15 Å². The molecule has 3 heteroatoms. The van der Waals surface area contributed by atoms with E-state index in [1.165, 1.54) is 19.3 Å². The second-order valence-electron chi connectivity index (χ2n) is 4.91. The van der Waals surface area contributed by atoms with Crippen LogP contribution < -0.4 is 5.32 Å². The summed E-state index contributed by atoms with van der Waals surface area (Å²) in [5.74, 6) is 0.957. The molecular formula is C15H19NO2. The van der Waals surface area contributed by atoms with E-state index in [-0.39, 0.29) is 6.04 Å². The second-order valence-corrected chi connectivity index (χ2v) is 4.91. The maximum absolute atomic E-state index is 5.86. The van der Waals surface area contributed by atoms with Gasteiger partial charge < -0.3 is 14.5 Å². The number of furan rings is 1. The Bertz CT molecular complexity index is 483. The van der Waals surface area contributed by atoms with Crippen molar-refractivity contribution in [1.82, 2.24) is 5.32 Å². The summed E-state index contributed by atoms with van der Waals surface area (Å²) in [4.78, 5) is 0. The van der Waals surface area contributed by atoms with Crippen molar-refractivity contribution in [2.24, 2.45) is 0 Å². The van der Waals surface area contributed by atoms with Crippen LogP contribution >= 0.6 is 0 Å². The normalized spacial score (nSPS) is 17.8. The average Bonchev–Trinajstić information content (AvgIpc) is 2.75. The molecule has 1 aromatic heterocycles. The van der Waals surface area contributed by atoms with Crippen LogP contribution in [0.15, 0.2) is 34.7 Å². The Morgan fingerprint density at radius 2 is 2.22 bits per heavy atom. The van der Waals surface area contributed by atoms with Crippen molar-refractivity contribution in [1.29, 1.82) is 0 Å². The summed E-state index contributed by atoms with van der Waals surface area (Å²) in [6.45, 7) is 0.682. The third-order valence-electron chi connectivity index (χ3n) is 3.69. The Hall–Kier alpha value is -1.32. The van der Waals surface area contributed by atoms with Gasteiger partial charge in [0.1, 0.15) is 11.3 Å². The SMILES string of the molecule is CNC(COC1CCC1)c1cc2ccccc2o1. The molecule has 1 aliphatic carbocycles. The molecule has 2 aromatic rings. The van der Waals surface area contributed by atoms with Crippen LogP contribution in [0.1, 0.15) is 31.1 Å². The highest BCUT2D eigenvalue weighted by Gasteiger charge is 2.21. The standard InChI is InChI=1S/C15H19NO2/c1-16-13(10-17-12-6-4-7-12)15-9-11-5-2-3-8-14(11)18-15/h2-3,5,8-9,12-13,16H,4,6-7,10H2,1H3. The van der Waals surface area contributed by atoms with Gasteiger partial charge in [0.15, 0.2) is 0 Å². The summed E-state index contributed by atoms with van der Waals surface area (Å²) in [7, 11) is 1.95. The highest BCUT2D eigenvalue weighted by molar-refractivity contribution is 5.77. The predicted molar refractivity (Wildman–Crippen MR) is 71.6 cm³/mol. The fourth-order valence-corrected chi connectivity index (χ4v) is 2.25. The lowest BCUT2D eigenvalue weighted by Crippen LogP contribution is -2.28. The number of likely N-dealkylation sites (N-methyl/N-ethyl adjacent to an activating group) is 1. The van der Waals surface area contributed by atoms with E-state index < -0.39 is 0 Å². The van der Waals surface area contributed by atoms with E-state index in [1.54, 1.807) is 0 Å². The molecule has 18 heavy (non-hydrogen) atoms. The molecule has 0 amide bonds. The number of fused-ring (bicyclic) bond motifs is 1. The van der Waals surface area contributed by atoms with E-state index in [9.17, 15) is 0 Å². The maximum atomic E-state index is 5.86. The topological polar surface area (TPSA) is 34.4 Å². The fraction of sp³-hybridized carbons (Fsp3) is 0.467. The average molecular weight is 245 g/mol. The number of ether oxygens (including phenoxy) is 1. The number of rotatable bonds is 5. The summed E-state index contributed by atoms with van der Waals surface area (Å²) < 4.78 is 11.7.